The highest BCUT2D eigenvalue weighted by molar-refractivity contribution is 9.10. The molecule has 0 N–H and O–H groups in total. The maximum atomic E-state index is 13.0. The highest BCUT2D eigenvalue weighted by atomic mass is 79.9. The summed E-state index contributed by atoms with van der Waals surface area (Å²) in [5.41, 5.74) is 1.88. The normalized spacial score (nSPS) is 15.3. The summed E-state index contributed by atoms with van der Waals surface area (Å²) in [5, 5.41) is 0.712. The van der Waals surface area contributed by atoms with Crippen LogP contribution in [0.25, 0.3) is 10.9 Å². The summed E-state index contributed by atoms with van der Waals surface area (Å²) in [4.78, 5) is 31.8. The summed E-state index contributed by atoms with van der Waals surface area (Å²) in [6.45, 7) is 2.37. The van der Waals surface area contributed by atoms with Gasteiger partial charge in [-0.25, -0.2) is 0 Å². The monoisotopic (exact) mass is 443 g/mol. The van der Waals surface area contributed by atoms with Crippen LogP contribution in [0.2, 0.25) is 0 Å². The quantitative estimate of drug-likeness (QED) is 0.713. The molecule has 0 radical (unpaired) electrons. The first kappa shape index (κ1) is 19.6. The van der Waals surface area contributed by atoms with Crippen molar-refractivity contribution < 1.29 is 22.8 Å². The second-order valence-corrected chi connectivity index (χ2v) is 7.35. The van der Waals surface area contributed by atoms with E-state index in [1.54, 1.807) is 17.9 Å². The highest BCUT2D eigenvalue weighted by Crippen LogP contribution is 2.25. The number of hydrogen-bond acceptors (Lipinski definition) is 3. The molecule has 27 heavy (non-hydrogen) atoms. The lowest BCUT2D eigenvalue weighted by atomic mass is 10.1. The molecule has 5 nitrogen and oxygen atoms in total. The van der Waals surface area contributed by atoms with Crippen molar-refractivity contribution in [3.8, 4) is 0 Å². The van der Waals surface area contributed by atoms with E-state index in [4.69, 9.17) is 0 Å². The average Bonchev–Trinajstić information content (AvgIpc) is 2.58. The second kappa shape index (κ2) is 7.46. The van der Waals surface area contributed by atoms with E-state index in [0.717, 1.165) is 9.37 Å². The summed E-state index contributed by atoms with van der Waals surface area (Å²) < 4.78 is 38.0. The number of halogens is 4. The Kier molecular flexibility index (Phi) is 5.41. The van der Waals surface area contributed by atoms with Crippen LogP contribution < -0.4 is 0 Å². The maximum Gasteiger partial charge on any atom is 0.397 e. The zero-order valence-corrected chi connectivity index (χ0v) is 16.1. The fourth-order valence-electron chi connectivity index (χ4n) is 3.12. The fourth-order valence-corrected chi connectivity index (χ4v) is 3.47. The van der Waals surface area contributed by atoms with Crippen LogP contribution in [0.3, 0.4) is 0 Å². The number of amides is 2. The molecule has 1 aromatic carbocycles. The zero-order valence-electron chi connectivity index (χ0n) is 14.5. The zero-order chi connectivity index (χ0) is 19.8. The van der Waals surface area contributed by atoms with Crippen molar-refractivity contribution >= 4 is 38.6 Å². The molecule has 2 heterocycles. The second-order valence-electron chi connectivity index (χ2n) is 6.44. The third-order valence-electron chi connectivity index (χ3n) is 4.40. The molecule has 0 saturated carbocycles. The van der Waals surface area contributed by atoms with Gasteiger partial charge < -0.3 is 9.80 Å². The van der Waals surface area contributed by atoms with Gasteiger partial charge in [0.05, 0.1) is 11.1 Å². The van der Waals surface area contributed by atoms with E-state index in [2.05, 4.69) is 20.9 Å². The van der Waals surface area contributed by atoms with Crippen LogP contribution in [-0.2, 0) is 4.79 Å². The first-order valence-corrected chi connectivity index (χ1v) is 9.14. The van der Waals surface area contributed by atoms with Crippen LogP contribution in [-0.4, -0.2) is 59.0 Å². The molecule has 3 rings (SSSR count). The van der Waals surface area contributed by atoms with Gasteiger partial charge in [0.2, 0.25) is 5.91 Å². The molecule has 0 atom stereocenters. The maximum absolute atomic E-state index is 13.0. The predicted octanol–water partition coefficient (Wildman–Crippen LogP) is 3.54. The van der Waals surface area contributed by atoms with E-state index < -0.39 is 18.5 Å². The van der Waals surface area contributed by atoms with Gasteiger partial charge in [0, 0.05) is 41.7 Å². The number of carbonyl (C=O) groups is 2. The van der Waals surface area contributed by atoms with E-state index >= 15 is 0 Å². The molecule has 1 aliphatic heterocycles. The number of aromatic nitrogens is 1. The molecule has 0 aliphatic carbocycles. The molecule has 0 spiro atoms. The molecule has 0 bridgehead atoms. The number of piperazine rings is 1. The van der Waals surface area contributed by atoms with Crippen LogP contribution in [0.4, 0.5) is 13.2 Å². The van der Waals surface area contributed by atoms with E-state index in [1.807, 2.05) is 18.2 Å². The largest absolute Gasteiger partial charge is 0.397 e. The van der Waals surface area contributed by atoms with Crippen molar-refractivity contribution in [1.82, 2.24) is 14.8 Å². The van der Waals surface area contributed by atoms with Crippen molar-refractivity contribution in [1.29, 1.82) is 0 Å². The fraction of sp³-hybridized carbons (Fsp3) is 0.389. The van der Waals surface area contributed by atoms with E-state index in [9.17, 15) is 22.8 Å². The number of alkyl halides is 3. The Morgan fingerprint density at radius 2 is 1.74 bits per heavy atom. The van der Waals surface area contributed by atoms with Crippen molar-refractivity contribution in [2.24, 2.45) is 0 Å². The first-order valence-electron chi connectivity index (χ1n) is 8.35. The minimum Gasteiger partial charge on any atom is -0.339 e. The van der Waals surface area contributed by atoms with Crippen LogP contribution in [0.15, 0.2) is 28.7 Å². The van der Waals surface area contributed by atoms with Gasteiger partial charge in [0.25, 0.3) is 5.91 Å². The Labute approximate surface area is 162 Å². The summed E-state index contributed by atoms with van der Waals surface area (Å²) in [6.07, 6.45) is -5.99. The van der Waals surface area contributed by atoms with Crippen LogP contribution >= 0.6 is 15.9 Å². The average molecular weight is 444 g/mol. The molecular weight excluding hydrogens is 427 g/mol. The predicted molar refractivity (Wildman–Crippen MR) is 97.3 cm³/mol. The van der Waals surface area contributed by atoms with Gasteiger partial charge >= 0.3 is 6.18 Å². The molecule has 1 aliphatic rings. The van der Waals surface area contributed by atoms with Crippen molar-refractivity contribution in [3.63, 3.8) is 0 Å². The van der Waals surface area contributed by atoms with Crippen LogP contribution in [0.5, 0.6) is 0 Å². The Hall–Kier alpha value is -2.16. The number of nitrogens with zero attached hydrogens (tertiary/aromatic N) is 3. The molecule has 2 amide bonds. The summed E-state index contributed by atoms with van der Waals surface area (Å²) in [7, 11) is 0. The molecule has 0 unspecified atom stereocenters. The number of aryl methyl sites for hydroxylation is 1. The van der Waals surface area contributed by atoms with Crippen molar-refractivity contribution in [2.75, 3.05) is 26.2 Å². The minimum absolute atomic E-state index is 0.0915. The molecule has 9 heteroatoms. The van der Waals surface area contributed by atoms with Gasteiger partial charge in [-0.15, -0.1) is 0 Å². The molecular formula is C18H17BrF3N3O2. The Balaban J connectivity index is 1.75. The molecule has 144 valence electrons. The van der Waals surface area contributed by atoms with Crippen LogP contribution in [0, 0.1) is 6.92 Å². The van der Waals surface area contributed by atoms with Crippen molar-refractivity contribution in [3.05, 3.63) is 40.0 Å². The van der Waals surface area contributed by atoms with Gasteiger partial charge in [-0.05, 0) is 25.1 Å². The van der Waals surface area contributed by atoms with Gasteiger partial charge in [0.1, 0.15) is 6.42 Å². The number of rotatable bonds is 2. The third-order valence-corrected chi connectivity index (χ3v) is 4.89. The van der Waals surface area contributed by atoms with Gasteiger partial charge in [0.15, 0.2) is 0 Å². The lowest BCUT2D eigenvalue weighted by molar-refractivity contribution is -0.162. The number of benzene rings is 1. The highest BCUT2D eigenvalue weighted by Gasteiger charge is 2.35. The van der Waals surface area contributed by atoms with Gasteiger partial charge in [-0.3, -0.25) is 14.6 Å². The SMILES string of the molecule is Cc1cc(C(=O)N2CCN(C(=O)CC(F)(F)F)CC2)c2ccc(Br)cc2n1. The Morgan fingerprint density at radius 3 is 2.37 bits per heavy atom. The number of hydrogen-bond donors (Lipinski definition) is 0. The molecule has 1 fully saturated rings. The third kappa shape index (κ3) is 4.58. The van der Waals surface area contributed by atoms with Crippen molar-refractivity contribution in [2.45, 2.75) is 19.5 Å². The standard InChI is InChI=1S/C18H17BrF3N3O2/c1-11-8-14(13-3-2-12(19)9-15(13)23-11)17(27)25-6-4-24(5-7-25)16(26)10-18(20,21)22/h2-3,8-9H,4-7,10H2,1H3. The lowest BCUT2D eigenvalue weighted by Crippen LogP contribution is -2.51. The Morgan fingerprint density at radius 1 is 1.11 bits per heavy atom. The van der Waals surface area contributed by atoms with Gasteiger partial charge in [-0.2, -0.15) is 13.2 Å². The topological polar surface area (TPSA) is 53.5 Å². The van der Waals surface area contributed by atoms with Crippen LogP contribution in [0.1, 0.15) is 22.5 Å². The van der Waals surface area contributed by atoms with E-state index in [-0.39, 0.29) is 32.1 Å². The number of pyridine rings is 1. The van der Waals surface area contributed by atoms with Gasteiger partial charge in [-0.1, -0.05) is 22.0 Å². The first-order chi connectivity index (χ1) is 12.6. The molecule has 2 aromatic rings. The summed E-state index contributed by atoms with van der Waals surface area (Å²) in [5.74, 6) is -1.17. The number of fused-ring (bicyclic) bond motifs is 1. The van der Waals surface area contributed by atoms with E-state index in [0.29, 0.717) is 22.2 Å². The smallest absolute Gasteiger partial charge is 0.339 e. The molecule has 1 saturated heterocycles. The van der Waals surface area contributed by atoms with E-state index in [1.165, 1.54) is 0 Å². The number of carbonyl (C=O) groups excluding carboxylic acids is 2. The Bertz CT molecular complexity index is 888. The summed E-state index contributed by atoms with van der Waals surface area (Å²) >= 11 is 3.38. The lowest BCUT2D eigenvalue weighted by Gasteiger charge is -2.35. The minimum atomic E-state index is -4.52. The molecule has 1 aromatic heterocycles. The summed E-state index contributed by atoms with van der Waals surface area (Å²) in [6, 6.07) is 7.17.